The first-order chi connectivity index (χ1) is 5.41. The molecule has 72 valence electrons. The molecule has 0 aliphatic carbocycles. The molecule has 1 rings (SSSR count). The lowest BCUT2D eigenvalue weighted by Crippen LogP contribution is -2.51. The molecule has 12 heavy (non-hydrogen) atoms. The van der Waals surface area contributed by atoms with Crippen molar-refractivity contribution >= 4 is 10.0 Å². The molecular weight excluding hydrogens is 176 g/mol. The molecule has 0 spiro atoms. The van der Waals surface area contributed by atoms with E-state index in [2.05, 4.69) is 4.90 Å². The fourth-order valence-electron chi connectivity index (χ4n) is 1.32. The molecule has 0 aromatic carbocycles. The van der Waals surface area contributed by atoms with E-state index in [9.17, 15) is 8.42 Å². The molecule has 0 aromatic rings. The molecule has 1 atom stereocenters. The Labute approximate surface area is 74.2 Å². The molecule has 0 radical (unpaired) electrons. The van der Waals surface area contributed by atoms with Crippen molar-refractivity contribution < 1.29 is 8.42 Å². The molecule has 1 saturated heterocycles. The maximum atomic E-state index is 11.1. The van der Waals surface area contributed by atoms with Crippen molar-refractivity contribution in [3.05, 3.63) is 0 Å². The summed E-state index contributed by atoms with van der Waals surface area (Å²) in [6.07, 6.45) is 1.27. The minimum Gasteiger partial charge on any atom is -0.301 e. The summed E-state index contributed by atoms with van der Waals surface area (Å²) in [6, 6.07) is 0.327. The van der Waals surface area contributed by atoms with E-state index in [4.69, 9.17) is 0 Å². The molecule has 1 aliphatic heterocycles. The summed E-state index contributed by atoms with van der Waals surface area (Å²) in [7, 11) is -0.957. The standard InChI is InChI=1S/C7H16N2O2S/c1-7-6-9(12(3,10)11)5-4-8(7)2/h7H,4-6H2,1-3H3. The highest BCUT2D eigenvalue weighted by Crippen LogP contribution is 2.09. The van der Waals surface area contributed by atoms with E-state index in [-0.39, 0.29) is 0 Å². The second kappa shape index (κ2) is 3.32. The van der Waals surface area contributed by atoms with Crippen LogP contribution in [-0.4, -0.2) is 56.6 Å². The van der Waals surface area contributed by atoms with Crippen LogP contribution < -0.4 is 0 Å². The van der Waals surface area contributed by atoms with Crippen LogP contribution in [-0.2, 0) is 10.0 Å². The van der Waals surface area contributed by atoms with Crippen LogP contribution in [0.4, 0.5) is 0 Å². The van der Waals surface area contributed by atoms with Crippen LogP contribution in [0.25, 0.3) is 0 Å². The number of piperazine rings is 1. The monoisotopic (exact) mass is 192 g/mol. The van der Waals surface area contributed by atoms with Gasteiger partial charge in [0.1, 0.15) is 0 Å². The molecule has 1 unspecified atom stereocenters. The van der Waals surface area contributed by atoms with Crippen molar-refractivity contribution in [1.82, 2.24) is 9.21 Å². The minimum atomic E-state index is -2.98. The normalized spacial score (nSPS) is 29.1. The highest BCUT2D eigenvalue weighted by atomic mass is 32.2. The van der Waals surface area contributed by atoms with Gasteiger partial charge in [0.2, 0.25) is 10.0 Å². The maximum Gasteiger partial charge on any atom is 0.211 e. The second-order valence-electron chi connectivity index (χ2n) is 3.45. The quantitative estimate of drug-likeness (QED) is 0.566. The van der Waals surface area contributed by atoms with Gasteiger partial charge >= 0.3 is 0 Å². The van der Waals surface area contributed by atoms with Gasteiger partial charge in [0.05, 0.1) is 6.26 Å². The van der Waals surface area contributed by atoms with Gasteiger partial charge in [-0.2, -0.15) is 4.31 Å². The topological polar surface area (TPSA) is 40.6 Å². The van der Waals surface area contributed by atoms with Crippen molar-refractivity contribution in [1.29, 1.82) is 0 Å². The number of hydrogen-bond acceptors (Lipinski definition) is 3. The highest BCUT2D eigenvalue weighted by molar-refractivity contribution is 7.88. The van der Waals surface area contributed by atoms with Crippen molar-refractivity contribution in [2.75, 3.05) is 32.9 Å². The van der Waals surface area contributed by atoms with Crippen LogP contribution in [0.1, 0.15) is 6.92 Å². The van der Waals surface area contributed by atoms with E-state index in [0.717, 1.165) is 6.54 Å². The molecule has 0 saturated carbocycles. The van der Waals surface area contributed by atoms with Crippen molar-refractivity contribution in [2.24, 2.45) is 0 Å². The average molecular weight is 192 g/mol. The summed E-state index contributed by atoms with van der Waals surface area (Å²) in [5, 5.41) is 0. The lowest BCUT2D eigenvalue weighted by molar-refractivity contribution is 0.160. The van der Waals surface area contributed by atoms with E-state index in [0.29, 0.717) is 19.1 Å². The summed E-state index contributed by atoms with van der Waals surface area (Å²) >= 11 is 0. The molecular formula is C7H16N2O2S. The lowest BCUT2D eigenvalue weighted by Gasteiger charge is -2.36. The van der Waals surface area contributed by atoms with Crippen LogP contribution in [0, 0.1) is 0 Å². The van der Waals surface area contributed by atoms with Gasteiger partial charge in [0.15, 0.2) is 0 Å². The number of nitrogens with zero attached hydrogens (tertiary/aromatic N) is 2. The van der Waals surface area contributed by atoms with Crippen LogP contribution in [0.5, 0.6) is 0 Å². The van der Waals surface area contributed by atoms with Gasteiger partial charge < -0.3 is 4.90 Å². The van der Waals surface area contributed by atoms with E-state index < -0.39 is 10.0 Å². The van der Waals surface area contributed by atoms with Crippen molar-refractivity contribution in [2.45, 2.75) is 13.0 Å². The summed E-state index contributed by atoms with van der Waals surface area (Å²) in [4.78, 5) is 2.17. The minimum absolute atomic E-state index is 0.327. The number of sulfonamides is 1. The molecule has 1 heterocycles. The van der Waals surface area contributed by atoms with E-state index in [1.807, 2.05) is 14.0 Å². The Morgan fingerprint density at radius 1 is 1.33 bits per heavy atom. The van der Waals surface area contributed by atoms with E-state index in [1.165, 1.54) is 10.6 Å². The van der Waals surface area contributed by atoms with Crippen LogP contribution in [0.15, 0.2) is 0 Å². The first-order valence-electron chi connectivity index (χ1n) is 4.06. The zero-order valence-electron chi connectivity index (χ0n) is 7.82. The fraction of sp³-hybridized carbons (Fsp3) is 1.00. The first kappa shape index (κ1) is 9.95. The molecule has 4 nitrogen and oxygen atoms in total. The molecule has 0 amide bonds. The Bertz CT molecular complexity index is 250. The van der Waals surface area contributed by atoms with Crippen LogP contribution in [0.2, 0.25) is 0 Å². The molecule has 1 aliphatic rings. The fourth-order valence-corrected chi connectivity index (χ4v) is 2.22. The van der Waals surface area contributed by atoms with Crippen LogP contribution >= 0.6 is 0 Å². The van der Waals surface area contributed by atoms with Gasteiger partial charge in [0, 0.05) is 25.7 Å². The van der Waals surface area contributed by atoms with Gasteiger partial charge in [-0.15, -0.1) is 0 Å². The van der Waals surface area contributed by atoms with Gasteiger partial charge in [-0.3, -0.25) is 0 Å². The SMILES string of the molecule is CC1CN(S(C)(=O)=O)CCN1C. The smallest absolute Gasteiger partial charge is 0.211 e. The predicted octanol–water partition coefficient (Wildman–Crippen LogP) is -0.418. The van der Waals surface area contributed by atoms with E-state index >= 15 is 0 Å². The third kappa shape index (κ3) is 2.18. The number of likely N-dealkylation sites (N-methyl/N-ethyl adjacent to an activating group) is 1. The lowest BCUT2D eigenvalue weighted by atomic mass is 10.2. The molecule has 0 bridgehead atoms. The van der Waals surface area contributed by atoms with Crippen molar-refractivity contribution in [3.8, 4) is 0 Å². The van der Waals surface area contributed by atoms with Gasteiger partial charge in [-0.1, -0.05) is 0 Å². The van der Waals surface area contributed by atoms with Crippen LogP contribution in [0.3, 0.4) is 0 Å². The molecule has 1 fully saturated rings. The second-order valence-corrected chi connectivity index (χ2v) is 5.43. The van der Waals surface area contributed by atoms with Gasteiger partial charge in [0.25, 0.3) is 0 Å². The third-order valence-corrected chi connectivity index (χ3v) is 3.66. The zero-order chi connectivity index (χ0) is 9.35. The summed E-state index contributed by atoms with van der Waals surface area (Å²) in [5.74, 6) is 0. The van der Waals surface area contributed by atoms with Gasteiger partial charge in [-0.05, 0) is 14.0 Å². The Morgan fingerprint density at radius 3 is 2.33 bits per heavy atom. The Balaban J connectivity index is 2.64. The summed E-state index contributed by atoms with van der Waals surface area (Å²) in [6.45, 7) is 4.11. The Kier molecular flexibility index (Phi) is 2.75. The summed E-state index contributed by atoms with van der Waals surface area (Å²) < 4.78 is 23.8. The maximum absolute atomic E-state index is 11.1. The molecule has 0 N–H and O–H groups in total. The van der Waals surface area contributed by atoms with Gasteiger partial charge in [-0.25, -0.2) is 8.42 Å². The first-order valence-corrected chi connectivity index (χ1v) is 5.91. The number of rotatable bonds is 1. The van der Waals surface area contributed by atoms with Crippen molar-refractivity contribution in [3.63, 3.8) is 0 Å². The number of hydrogen-bond donors (Lipinski definition) is 0. The largest absolute Gasteiger partial charge is 0.301 e. The zero-order valence-corrected chi connectivity index (χ0v) is 8.63. The molecule has 5 heteroatoms. The third-order valence-electron chi connectivity index (χ3n) is 2.39. The summed E-state index contributed by atoms with van der Waals surface area (Å²) in [5.41, 5.74) is 0. The average Bonchev–Trinajstić information content (AvgIpc) is 1.92. The molecule has 0 aromatic heterocycles. The Morgan fingerprint density at radius 2 is 1.92 bits per heavy atom. The predicted molar refractivity (Wildman–Crippen MR) is 48.5 cm³/mol. The highest BCUT2D eigenvalue weighted by Gasteiger charge is 2.25. The Hall–Kier alpha value is -0.130. The van der Waals surface area contributed by atoms with E-state index in [1.54, 1.807) is 0 Å².